The molecular weight excluding hydrogens is 398 g/mol. The van der Waals surface area contributed by atoms with Crippen LogP contribution in [-0.4, -0.2) is 66.3 Å². The molecule has 0 radical (unpaired) electrons. The Morgan fingerprint density at radius 3 is 2.41 bits per heavy atom. The van der Waals surface area contributed by atoms with Crippen LogP contribution in [-0.2, 0) is 24.5 Å². The fourth-order valence-corrected chi connectivity index (χ4v) is 5.62. The number of amides is 1. The van der Waals surface area contributed by atoms with E-state index in [4.69, 9.17) is 4.74 Å². The molecule has 0 spiro atoms. The van der Waals surface area contributed by atoms with Gasteiger partial charge < -0.3 is 15.2 Å². The molecule has 3 rings (SSSR count). The molecule has 29 heavy (non-hydrogen) atoms. The number of benzene rings is 1. The fraction of sp³-hybridized carbons (Fsp3) is 0.579. The van der Waals surface area contributed by atoms with Crippen LogP contribution < -0.4 is 5.32 Å². The average molecular weight is 426 g/mol. The number of aromatic hydroxyl groups is 1. The van der Waals surface area contributed by atoms with E-state index >= 15 is 0 Å². The summed E-state index contributed by atoms with van der Waals surface area (Å²) in [6, 6.07) is 5.42. The van der Waals surface area contributed by atoms with Crippen LogP contribution in [0.2, 0.25) is 0 Å². The zero-order valence-electron chi connectivity index (χ0n) is 16.4. The van der Waals surface area contributed by atoms with E-state index < -0.39 is 22.2 Å². The summed E-state index contributed by atoms with van der Waals surface area (Å²) >= 11 is 0. The summed E-state index contributed by atoms with van der Waals surface area (Å²) in [5.41, 5.74) is 0.581. The molecule has 1 aromatic rings. The normalized spacial score (nSPS) is 21.8. The first-order chi connectivity index (χ1) is 13.8. The molecule has 1 aromatic carbocycles. The number of anilines is 1. The third-order valence-electron chi connectivity index (χ3n) is 5.34. The maximum Gasteiger partial charge on any atom is 0.324 e. The first-order valence-corrected chi connectivity index (χ1v) is 11.3. The number of nitrogens with zero attached hydrogens (tertiary/aromatic N) is 2. The van der Waals surface area contributed by atoms with Crippen LogP contribution >= 0.6 is 0 Å². The third kappa shape index (κ3) is 4.88. The minimum atomic E-state index is -3.78. The van der Waals surface area contributed by atoms with Crippen molar-refractivity contribution < 1.29 is 27.9 Å². The van der Waals surface area contributed by atoms with Crippen LogP contribution in [0.1, 0.15) is 32.6 Å². The van der Waals surface area contributed by atoms with Crippen LogP contribution in [0.5, 0.6) is 5.75 Å². The molecule has 2 heterocycles. The quantitative estimate of drug-likeness (QED) is 0.524. The monoisotopic (exact) mass is 425 g/mol. The van der Waals surface area contributed by atoms with E-state index in [1.165, 1.54) is 20.7 Å². The maximum atomic E-state index is 13.0. The van der Waals surface area contributed by atoms with Crippen molar-refractivity contribution in [1.29, 1.82) is 0 Å². The minimum absolute atomic E-state index is 0.115. The van der Waals surface area contributed by atoms with Crippen molar-refractivity contribution in [3.8, 4) is 5.75 Å². The van der Waals surface area contributed by atoms with Crippen LogP contribution in [0, 0.1) is 5.92 Å². The summed E-state index contributed by atoms with van der Waals surface area (Å²) < 4.78 is 33.7. The second-order valence-electron chi connectivity index (χ2n) is 7.24. The predicted octanol–water partition coefficient (Wildman–Crippen LogP) is 1.31. The van der Waals surface area contributed by atoms with E-state index in [-0.39, 0.29) is 37.3 Å². The van der Waals surface area contributed by atoms with E-state index in [0.29, 0.717) is 37.9 Å². The predicted molar refractivity (Wildman–Crippen MR) is 106 cm³/mol. The summed E-state index contributed by atoms with van der Waals surface area (Å²) in [4.78, 5) is 24.6. The van der Waals surface area contributed by atoms with Gasteiger partial charge in [-0.15, -0.1) is 0 Å². The second-order valence-corrected chi connectivity index (χ2v) is 9.12. The molecule has 160 valence electrons. The Kier molecular flexibility index (Phi) is 6.76. The van der Waals surface area contributed by atoms with Crippen molar-refractivity contribution in [3.05, 3.63) is 24.3 Å². The molecule has 0 aromatic heterocycles. The van der Waals surface area contributed by atoms with Crippen LogP contribution in [0.25, 0.3) is 0 Å². The van der Waals surface area contributed by atoms with Crippen molar-refractivity contribution in [2.75, 3.05) is 31.6 Å². The lowest BCUT2D eigenvalue weighted by molar-refractivity contribution is -0.147. The van der Waals surface area contributed by atoms with Gasteiger partial charge in [-0.2, -0.15) is 17.0 Å². The second kappa shape index (κ2) is 9.10. The van der Waals surface area contributed by atoms with Crippen molar-refractivity contribution in [2.24, 2.45) is 5.92 Å². The molecule has 2 saturated heterocycles. The number of hydrogen-bond donors (Lipinski definition) is 2. The lowest BCUT2D eigenvalue weighted by Gasteiger charge is -2.34. The molecule has 1 amide bonds. The van der Waals surface area contributed by atoms with Gasteiger partial charge in [0.2, 0.25) is 5.91 Å². The third-order valence-corrected chi connectivity index (χ3v) is 7.39. The molecule has 0 saturated carbocycles. The minimum Gasteiger partial charge on any atom is -0.508 e. The fourth-order valence-electron chi connectivity index (χ4n) is 3.78. The number of hydrogen-bond acceptors (Lipinski definition) is 6. The van der Waals surface area contributed by atoms with Gasteiger partial charge in [0.25, 0.3) is 10.2 Å². The number of ether oxygens (including phenoxy) is 1. The van der Waals surface area contributed by atoms with Gasteiger partial charge in [-0.05, 0) is 56.9 Å². The smallest absolute Gasteiger partial charge is 0.324 e. The number of rotatable bonds is 6. The lowest BCUT2D eigenvalue weighted by Crippen LogP contribution is -2.51. The van der Waals surface area contributed by atoms with Gasteiger partial charge in [0, 0.05) is 31.2 Å². The number of carbonyl (C=O) groups is 2. The SMILES string of the molecule is CCOC(=O)[C@H]1CCCN1S(=O)(=O)N1CCC(C(=O)Nc2ccc(O)cc2)CC1. The maximum absolute atomic E-state index is 13.0. The van der Waals surface area contributed by atoms with E-state index in [1.807, 2.05) is 0 Å². The molecule has 2 aliphatic heterocycles. The number of esters is 1. The number of piperidine rings is 1. The topological polar surface area (TPSA) is 116 Å². The molecule has 0 bridgehead atoms. The Hall–Kier alpha value is -2.17. The highest BCUT2D eigenvalue weighted by Gasteiger charge is 2.43. The molecule has 10 heteroatoms. The zero-order valence-corrected chi connectivity index (χ0v) is 17.2. The van der Waals surface area contributed by atoms with Gasteiger partial charge in [-0.1, -0.05) is 0 Å². The summed E-state index contributed by atoms with van der Waals surface area (Å²) in [7, 11) is -3.78. The van der Waals surface area contributed by atoms with E-state index in [9.17, 15) is 23.1 Å². The van der Waals surface area contributed by atoms with Gasteiger partial charge in [0.15, 0.2) is 0 Å². The van der Waals surface area contributed by atoms with Gasteiger partial charge >= 0.3 is 5.97 Å². The Morgan fingerprint density at radius 1 is 1.14 bits per heavy atom. The summed E-state index contributed by atoms with van der Waals surface area (Å²) in [5, 5.41) is 12.1. The first-order valence-electron chi connectivity index (χ1n) is 9.86. The molecule has 2 fully saturated rings. The first kappa shape index (κ1) is 21.5. The van der Waals surface area contributed by atoms with Gasteiger partial charge in [-0.25, -0.2) is 0 Å². The molecular formula is C19H27N3O6S. The molecule has 2 N–H and O–H groups in total. The zero-order chi connectivity index (χ0) is 21.0. The largest absolute Gasteiger partial charge is 0.508 e. The van der Waals surface area contributed by atoms with Crippen LogP contribution in [0.4, 0.5) is 5.69 Å². The Morgan fingerprint density at radius 2 is 1.79 bits per heavy atom. The van der Waals surface area contributed by atoms with Gasteiger partial charge in [-0.3, -0.25) is 9.59 Å². The molecule has 9 nitrogen and oxygen atoms in total. The van der Waals surface area contributed by atoms with E-state index in [1.54, 1.807) is 19.1 Å². The van der Waals surface area contributed by atoms with Gasteiger partial charge in [0.05, 0.1) is 6.61 Å². The molecule has 2 aliphatic rings. The number of phenolic OH excluding ortho intramolecular Hbond substituents is 1. The average Bonchev–Trinajstić information content (AvgIpc) is 3.21. The summed E-state index contributed by atoms with van der Waals surface area (Å²) in [5.74, 6) is -0.853. The van der Waals surface area contributed by atoms with Gasteiger partial charge in [0.1, 0.15) is 11.8 Å². The van der Waals surface area contributed by atoms with E-state index in [0.717, 1.165) is 0 Å². The molecule has 1 atom stereocenters. The Labute approximate surface area is 170 Å². The van der Waals surface area contributed by atoms with Crippen molar-refractivity contribution in [3.63, 3.8) is 0 Å². The highest BCUT2D eigenvalue weighted by atomic mass is 32.2. The van der Waals surface area contributed by atoms with Crippen molar-refractivity contribution >= 4 is 27.8 Å². The van der Waals surface area contributed by atoms with Crippen LogP contribution in [0.3, 0.4) is 0 Å². The Bertz CT molecular complexity index is 834. The highest BCUT2D eigenvalue weighted by Crippen LogP contribution is 2.28. The summed E-state index contributed by atoms with van der Waals surface area (Å²) in [6.07, 6.45) is 1.89. The Balaban J connectivity index is 1.58. The number of phenols is 1. The number of nitrogens with one attached hydrogen (secondary N) is 1. The van der Waals surface area contributed by atoms with Crippen LogP contribution in [0.15, 0.2) is 24.3 Å². The molecule has 0 unspecified atom stereocenters. The highest BCUT2D eigenvalue weighted by molar-refractivity contribution is 7.86. The summed E-state index contributed by atoms with van der Waals surface area (Å²) in [6.45, 7) is 2.65. The lowest BCUT2D eigenvalue weighted by atomic mass is 9.97. The number of carbonyl (C=O) groups excluding carboxylic acids is 2. The van der Waals surface area contributed by atoms with Crippen molar-refractivity contribution in [1.82, 2.24) is 8.61 Å². The molecule has 0 aliphatic carbocycles. The van der Waals surface area contributed by atoms with E-state index in [2.05, 4.69) is 5.32 Å². The van der Waals surface area contributed by atoms with Crippen molar-refractivity contribution in [2.45, 2.75) is 38.6 Å². The standard InChI is InChI=1S/C19H27N3O6S/c1-2-28-19(25)17-4-3-11-22(17)29(26,27)21-12-9-14(10-13-21)18(24)20-15-5-7-16(23)8-6-15/h5-8,14,17,23H,2-4,9-13H2,1H3,(H,20,24)/t17-/m1/s1.